The van der Waals surface area contributed by atoms with Crippen LogP contribution in [0, 0.1) is 11.3 Å². The Morgan fingerprint density at radius 3 is 2.78 bits per heavy atom. The highest BCUT2D eigenvalue weighted by Crippen LogP contribution is 2.27. The molecule has 0 aliphatic carbocycles. The molecule has 1 amide bonds. The number of hydrogen-bond donors (Lipinski definition) is 2. The predicted molar refractivity (Wildman–Crippen MR) is 71.4 cm³/mol. The second-order valence-electron chi connectivity index (χ2n) is 6.05. The average molecular weight is 254 g/mol. The van der Waals surface area contributed by atoms with Crippen molar-refractivity contribution in [3.8, 4) is 0 Å². The molecule has 2 rings (SSSR count). The number of rotatable bonds is 3. The monoisotopic (exact) mass is 254 g/mol. The van der Waals surface area contributed by atoms with Gasteiger partial charge in [0.1, 0.15) is 0 Å². The first kappa shape index (κ1) is 13.8. The lowest BCUT2D eigenvalue weighted by Gasteiger charge is -2.36. The Balaban J connectivity index is 1.85. The number of ether oxygens (including phenoxy) is 1. The molecule has 2 heterocycles. The van der Waals surface area contributed by atoms with Gasteiger partial charge in [-0.15, -0.1) is 0 Å². The Kier molecular flexibility index (Phi) is 4.62. The van der Waals surface area contributed by atoms with Gasteiger partial charge < -0.3 is 15.4 Å². The van der Waals surface area contributed by atoms with Crippen molar-refractivity contribution in [1.29, 1.82) is 0 Å². The summed E-state index contributed by atoms with van der Waals surface area (Å²) in [4.78, 5) is 12.4. The van der Waals surface area contributed by atoms with E-state index in [4.69, 9.17) is 4.74 Å². The Hall–Kier alpha value is -0.610. The molecule has 0 bridgehead atoms. The zero-order valence-electron chi connectivity index (χ0n) is 11.6. The maximum absolute atomic E-state index is 12.4. The van der Waals surface area contributed by atoms with Crippen LogP contribution in [-0.2, 0) is 9.53 Å². The van der Waals surface area contributed by atoms with E-state index < -0.39 is 0 Å². The molecule has 104 valence electrons. The molecule has 2 N–H and O–H groups in total. The molecule has 2 atom stereocenters. The van der Waals surface area contributed by atoms with Gasteiger partial charge in [-0.1, -0.05) is 0 Å². The van der Waals surface area contributed by atoms with Crippen molar-refractivity contribution in [2.45, 2.75) is 45.6 Å². The maximum atomic E-state index is 12.4. The summed E-state index contributed by atoms with van der Waals surface area (Å²) < 4.78 is 5.37. The van der Waals surface area contributed by atoms with Crippen molar-refractivity contribution < 1.29 is 9.53 Å². The second kappa shape index (κ2) is 6.02. The van der Waals surface area contributed by atoms with Crippen molar-refractivity contribution in [1.82, 2.24) is 10.6 Å². The van der Waals surface area contributed by atoms with Crippen LogP contribution in [0.3, 0.4) is 0 Å². The smallest absolute Gasteiger partial charge is 0.227 e. The van der Waals surface area contributed by atoms with Gasteiger partial charge in [0.15, 0.2) is 0 Å². The normalized spacial score (nSPS) is 31.9. The maximum Gasteiger partial charge on any atom is 0.227 e. The molecule has 0 spiro atoms. The van der Waals surface area contributed by atoms with Crippen LogP contribution < -0.4 is 10.6 Å². The molecule has 0 saturated carbocycles. The lowest BCUT2D eigenvalue weighted by Crippen LogP contribution is -2.52. The van der Waals surface area contributed by atoms with Crippen molar-refractivity contribution in [2.24, 2.45) is 11.3 Å². The summed E-state index contributed by atoms with van der Waals surface area (Å²) in [6.45, 7) is 7.73. The molecular formula is C14H26N2O2. The Bertz CT molecular complexity index is 282. The van der Waals surface area contributed by atoms with E-state index in [0.717, 1.165) is 52.0 Å². The minimum atomic E-state index is -0.225. The number of carbonyl (C=O) groups is 1. The van der Waals surface area contributed by atoms with Gasteiger partial charge in [-0.2, -0.15) is 0 Å². The standard InChI is InChI=1S/C14H26N2O2/c1-11(12-4-8-18-9-5-12)16-13(17)14(2)6-3-7-15-10-14/h11-12,15H,3-10H2,1-2H3,(H,16,17). The molecule has 0 aromatic heterocycles. The lowest BCUT2D eigenvalue weighted by atomic mass is 9.81. The largest absolute Gasteiger partial charge is 0.381 e. The van der Waals surface area contributed by atoms with Crippen molar-refractivity contribution in [2.75, 3.05) is 26.3 Å². The van der Waals surface area contributed by atoms with E-state index in [1.54, 1.807) is 0 Å². The quantitative estimate of drug-likeness (QED) is 0.798. The van der Waals surface area contributed by atoms with Gasteiger partial charge in [-0.25, -0.2) is 0 Å². The average Bonchev–Trinajstić information content (AvgIpc) is 2.40. The van der Waals surface area contributed by atoms with Gasteiger partial charge in [-0.05, 0) is 52.0 Å². The molecular weight excluding hydrogens is 228 g/mol. The van der Waals surface area contributed by atoms with Crippen molar-refractivity contribution in [3.05, 3.63) is 0 Å². The molecule has 18 heavy (non-hydrogen) atoms. The first-order valence-electron chi connectivity index (χ1n) is 7.21. The van der Waals surface area contributed by atoms with Crippen molar-refractivity contribution in [3.63, 3.8) is 0 Å². The van der Waals surface area contributed by atoms with E-state index in [-0.39, 0.29) is 17.4 Å². The summed E-state index contributed by atoms with van der Waals surface area (Å²) in [7, 11) is 0. The van der Waals surface area contributed by atoms with Crippen LogP contribution in [0.25, 0.3) is 0 Å². The molecule has 4 nitrogen and oxygen atoms in total. The van der Waals surface area contributed by atoms with E-state index in [0.29, 0.717) is 5.92 Å². The highest BCUT2D eigenvalue weighted by molar-refractivity contribution is 5.82. The summed E-state index contributed by atoms with van der Waals surface area (Å²) >= 11 is 0. The Labute approximate surface area is 110 Å². The third-order valence-corrected chi connectivity index (χ3v) is 4.48. The van der Waals surface area contributed by atoms with Crippen molar-refractivity contribution >= 4 is 5.91 Å². The number of hydrogen-bond acceptors (Lipinski definition) is 3. The summed E-state index contributed by atoms with van der Waals surface area (Å²) in [5.41, 5.74) is -0.225. The summed E-state index contributed by atoms with van der Waals surface area (Å²) in [5.74, 6) is 0.788. The molecule has 0 aromatic rings. The van der Waals surface area contributed by atoms with Gasteiger partial charge in [0.05, 0.1) is 5.41 Å². The van der Waals surface area contributed by atoms with Crippen LogP contribution in [0.4, 0.5) is 0 Å². The van der Waals surface area contributed by atoms with E-state index in [2.05, 4.69) is 24.5 Å². The van der Waals surface area contributed by atoms with Gasteiger partial charge in [0, 0.05) is 25.8 Å². The van der Waals surface area contributed by atoms with Crippen LogP contribution in [0.5, 0.6) is 0 Å². The molecule has 4 heteroatoms. The zero-order valence-corrected chi connectivity index (χ0v) is 11.6. The third-order valence-electron chi connectivity index (χ3n) is 4.48. The summed E-state index contributed by atoms with van der Waals surface area (Å²) in [6, 6.07) is 0.264. The highest BCUT2D eigenvalue weighted by Gasteiger charge is 2.36. The number of amides is 1. The lowest BCUT2D eigenvalue weighted by molar-refractivity contribution is -0.132. The summed E-state index contributed by atoms with van der Waals surface area (Å²) in [5, 5.41) is 6.55. The fraction of sp³-hybridized carbons (Fsp3) is 0.929. The SMILES string of the molecule is CC(NC(=O)C1(C)CCCNC1)C1CCOCC1. The zero-order chi connectivity index (χ0) is 13.0. The minimum absolute atomic E-state index is 0.216. The Morgan fingerprint density at radius 2 is 2.17 bits per heavy atom. The first-order chi connectivity index (χ1) is 8.62. The van der Waals surface area contributed by atoms with E-state index in [1.807, 2.05) is 0 Å². The molecule has 0 aromatic carbocycles. The molecule has 0 radical (unpaired) electrons. The number of piperidine rings is 1. The van der Waals surface area contributed by atoms with Crippen LogP contribution in [0.2, 0.25) is 0 Å². The fourth-order valence-electron chi connectivity index (χ4n) is 2.96. The highest BCUT2D eigenvalue weighted by atomic mass is 16.5. The third kappa shape index (κ3) is 3.23. The van der Waals surface area contributed by atoms with Gasteiger partial charge >= 0.3 is 0 Å². The van der Waals surface area contributed by atoms with Crippen LogP contribution in [-0.4, -0.2) is 38.3 Å². The molecule has 2 aliphatic rings. The molecule has 2 fully saturated rings. The van der Waals surface area contributed by atoms with Crippen LogP contribution in [0.15, 0.2) is 0 Å². The predicted octanol–water partition coefficient (Wildman–Crippen LogP) is 1.31. The number of carbonyl (C=O) groups excluding carboxylic acids is 1. The molecule has 2 saturated heterocycles. The van der Waals surface area contributed by atoms with Gasteiger partial charge in [-0.3, -0.25) is 4.79 Å². The molecule has 2 unspecified atom stereocenters. The minimum Gasteiger partial charge on any atom is -0.381 e. The molecule has 2 aliphatic heterocycles. The Morgan fingerprint density at radius 1 is 1.44 bits per heavy atom. The first-order valence-corrected chi connectivity index (χ1v) is 7.21. The summed E-state index contributed by atoms with van der Waals surface area (Å²) in [6.07, 6.45) is 4.22. The topological polar surface area (TPSA) is 50.4 Å². The van der Waals surface area contributed by atoms with E-state index >= 15 is 0 Å². The van der Waals surface area contributed by atoms with Gasteiger partial charge in [0.25, 0.3) is 0 Å². The van der Waals surface area contributed by atoms with Crippen LogP contribution >= 0.6 is 0 Å². The van der Waals surface area contributed by atoms with E-state index in [9.17, 15) is 4.79 Å². The van der Waals surface area contributed by atoms with Gasteiger partial charge in [0.2, 0.25) is 5.91 Å². The second-order valence-corrected chi connectivity index (χ2v) is 6.05. The number of nitrogens with one attached hydrogen (secondary N) is 2. The van der Waals surface area contributed by atoms with E-state index in [1.165, 1.54) is 0 Å². The van der Waals surface area contributed by atoms with Crippen LogP contribution in [0.1, 0.15) is 39.5 Å². The fourth-order valence-corrected chi connectivity index (χ4v) is 2.96.